The van der Waals surface area contributed by atoms with Crippen LogP contribution in [-0.4, -0.2) is 19.2 Å². The number of fused-ring (bicyclic) bond motifs is 2. The molecule has 0 radical (unpaired) electrons. The second-order valence-corrected chi connectivity index (χ2v) is 6.00. The van der Waals surface area contributed by atoms with Crippen molar-refractivity contribution in [3.8, 4) is 28.4 Å². The van der Waals surface area contributed by atoms with E-state index in [-0.39, 0.29) is 5.43 Å². The maximum atomic E-state index is 12.9. The normalized spacial score (nSPS) is 12.8. The van der Waals surface area contributed by atoms with E-state index < -0.39 is 5.97 Å². The molecule has 0 saturated heterocycles. The van der Waals surface area contributed by atoms with Crippen molar-refractivity contribution >= 4 is 16.9 Å². The van der Waals surface area contributed by atoms with Crippen LogP contribution in [0, 0.1) is 6.92 Å². The Hall–Kier alpha value is -3.28. The summed E-state index contributed by atoms with van der Waals surface area (Å²) >= 11 is 0. The highest BCUT2D eigenvalue weighted by Gasteiger charge is 2.17. The molecule has 1 aliphatic rings. The summed E-state index contributed by atoms with van der Waals surface area (Å²) in [5.74, 6) is 1.21. The van der Waals surface area contributed by atoms with E-state index >= 15 is 0 Å². The summed E-state index contributed by atoms with van der Waals surface area (Å²) in [5.41, 5.74) is 1.94. The van der Waals surface area contributed by atoms with E-state index in [9.17, 15) is 9.59 Å². The van der Waals surface area contributed by atoms with Crippen molar-refractivity contribution in [2.24, 2.45) is 0 Å². The second-order valence-electron chi connectivity index (χ2n) is 6.00. The van der Waals surface area contributed by atoms with Gasteiger partial charge in [0.15, 0.2) is 11.5 Å². The Morgan fingerprint density at radius 3 is 2.62 bits per heavy atom. The molecule has 0 aliphatic carbocycles. The molecule has 4 rings (SSSR count). The molecule has 2 aromatic carbocycles. The third-order valence-corrected chi connectivity index (χ3v) is 4.25. The zero-order chi connectivity index (χ0) is 18.3. The first kappa shape index (κ1) is 16.2. The Labute approximate surface area is 148 Å². The zero-order valence-electron chi connectivity index (χ0n) is 14.3. The molecule has 6 nitrogen and oxygen atoms in total. The molecule has 0 spiro atoms. The molecular formula is C20H16O6. The largest absolute Gasteiger partial charge is 0.486 e. The average Bonchev–Trinajstić information content (AvgIpc) is 2.64. The third kappa shape index (κ3) is 2.69. The van der Waals surface area contributed by atoms with Crippen LogP contribution in [0.5, 0.6) is 17.2 Å². The Morgan fingerprint density at radius 1 is 1.08 bits per heavy atom. The van der Waals surface area contributed by atoms with Gasteiger partial charge in [0.1, 0.15) is 30.8 Å². The Balaban J connectivity index is 1.84. The number of benzene rings is 2. The van der Waals surface area contributed by atoms with Crippen LogP contribution in [0.15, 0.2) is 45.8 Å². The average molecular weight is 352 g/mol. The lowest BCUT2D eigenvalue weighted by atomic mass is 10.0. The highest BCUT2D eigenvalue weighted by molar-refractivity contribution is 5.86. The number of hydrogen-bond acceptors (Lipinski definition) is 6. The van der Waals surface area contributed by atoms with Gasteiger partial charge in [0.25, 0.3) is 0 Å². The van der Waals surface area contributed by atoms with E-state index in [0.717, 1.165) is 0 Å². The van der Waals surface area contributed by atoms with Crippen LogP contribution in [0.25, 0.3) is 22.1 Å². The van der Waals surface area contributed by atoms with Crippen molar-refractivity contribution in [3.63, 3.8) is 0 Å². The predicted octanol–water partition coefficient (Wildman–Crippen LogP) is 3.46. The molecular weight excluding hydrogens is 336 g/mol. The van der Waals surface area contributed by atoms with Crippen LogP contribution in [-0.2, 0) is 4.79 Å². The number of hydrogen-bond donors (Lipinski definition) is 0. The van der Waals surface area contributed by atoms with E-state index in [1.807, 2.05) is 0 Å². The van der Waals surface area contributed by atoms with E-state index in [4.69, 9.17) is 18.6 Å². The van der Waals surface area contributed by atoms with Crippen molar-refractivity contribution in [3.05, 3.63) is 52.4 Å². The molecule has 1 aliphatic heterocycles. The highest BCUT2D eigenvalue weighted by atomic mass is 16.6. The molecule has 0 atom stereocenters. The molecule has 26 heavy (non-hydrogen) atoms. The van der Waals surface area contributed by atoms with Crippen molar-refractivity contribution in [1.29, 1.82) is 0 Å². The van der Waals surface area contributed by atoms with E-state index in [1.54, 1.807) is 37.3 Å². The number of carbonyl (C=O) groups excluding carboxylic acids is 1. The molecule has 6 heteroatoms. The van der Waals surface area contributed by atoms with Crippen molar-refractivity contribution < 1.29 is 23.4 Å². The summed E-state index contributed by atoms with van der Waals surface area (Å²) < 4.78 is 21.9. The summed E-state index contributed by atoms with van der Waals surface area (Å²) in [6.45, 7) is 4.05. The van der Waals surface area contributed by atoms with E-state index in [0.29, 0.717) is 58.1 Å². The molecule has 1 aromatic heterocycles. The van der Waals surface area contributed by atoms with Gasteiger partial charge in [0, 0.05) is 12.5 Å². The standard InChI is InChI=1S/C20H16O6/c1-11-16(26-12(2)21)6-4-14-19(22)15(10-25-20(11)14)13-3-5-17-18(9-13)24-8-7-23-17/h3-6,9-10H,7-8H2,1-2H3. The summed E-state index contributed by atoms with van der Waals surface area (Å²) in [7, 11) is 0. The quantitative estimate of drug-likeness (QED) is 0.519. The molecule has 132 valence electrons. The fourth-order valence-electron chi connectivity index (χ4n) is 3.00. The number of rotatable bonds is 2. The van der Waals surface area contributed by atoms with Gasteiger partial charge in [-0.15, -0.1) is 0 Å². The van der Waals surface area contributed by atoms with Gasteiger partial charge in [-0.3, -0.25) is 9.59 Å². The van der Waals surface area contributed by atoms with Crippen LogP contribution in [0.3, 0.4) is 0 Å². The molecule has 0 amide bonds. The number of aryl methyl sites for hydroxylation is 1. The third-order valence-electron chi connectivity index (χ3n) is 4.25. The van der Waals surface area contributed by atoms with Crippen molar-refractivity contribution in [2.75, 3.05) is 13.2 Å². The minimum absolute atomic E-state index is 0.166. The van der Waals surface area contributed by atoms with Gasteiger partial charge in [-0.1, -0.05) is 6.07 Å². The predicted molar refractivity (Wildman–Crippen MR) is 95.0 cm³/mol. The molecule has 0 bridgehead atoms. The van der Waals surface area contributed by atoms with Gasteiger partial charge in [-0.05, 0) is 36.8 Å². The first-order valence-electron chi connectivity index (χ1n) is 8.18. The minimum atomic E-state index is -0.428. The van der Waals surface area contributed by atoms with E-state index in [1.165, 1.54) is 13.2 Å². The first-order valence-corrected chi connectivity index (χ1v) is 8.18. The number of ether oxygens (including phenoxy) is 3. The monoisotopic (exact) mass is 352 g/mol. The Bertz CT molecular complexity index is 1080. The lowest BCUT2D eigenvalue weighted by molar-refractivity contribution is -0.131. The van der Waals surface area contributed by atoms with Crippen LogP contribution in [0.1, 0.15) is 12.5 Å². The van der Waals surface area contributed by atoms with Gasteiger partial charge < -0.3 is 18.6 Å². The van der Waals surface area contributed by atoms with Crippen molar-refractivity contribution in [2.45, 2.75) is 13.8 Å². The maximum absolute atomic E-state index is 12.9. The smallest absolute Gasteiger partial charge is 0.308 e. The Morgan fingerprint density at radius 2 is 1.85 bits per heavy atom. The fourth-order valence-corrected chi connectivity index (χ4v) is 3.00. The summed E-state index contributed by atoms with van der Waals surface area (Å²) in [6.07, 6.45) is 1.42. The molecule has 2 heterocycles. The lowest BCUT2D eigenvalue weighted by Crippen LogP contribution is -2.15. The molecule has 0 fully saturated rings. The van der Waals surface area contributed by atoms with Crippen molar-refractivity contribution in [1.82, 2.24) is 0 Å². The van der Waals surface area contributed by atoms with Gasteiger partial charge in [0.05, 0.1) is 10.9 Å². The highest BCUT2D eigenvalue weighted by Crippen LogP contribution is 2.34. The summed E-state index contributed by atoms with van der Waals surface area (Å²) in [5, 5.41) is 0.422. The molecule has 0 N–H and O–H groups in total. The zero-order valence-corrected chi connectivity index (χ0v) is 14.3. The molecule has 0 saturated carbocycles. The van der Waals surface area contributed by atoms with Crippen LogP contribution in [0.4, 0.5) is 0 Å². The van der Waals surface area contributed by atoms with E-state index in [2.05, 4.69) is 0 Å². The lowest BCUT2D eigenvalue weighted by Gasteiger charge is -2.18. The summed E-state index contributed by atoms with van der Waals surface area (Å²) in [6, 6.07) is 8.55. The first-order chi connectivity index (χ1) is 12.5. The number of carbonyl (C=O) groups is 1. The van der Waals surface area contributed by atoms with Crippen LogP contribution in [0.2, 0.25) is 0 Å². The Kier molecular flexibility index (Phi) is 3.88. The van der Waals surface area contributed by atoms with Gasteiger partial charge in [-0.2, -0.15) is 0 Å². The fraction of sp³-hybridized carbons (Fsp3) is 0.200. The molecule has 0 unspecified atom stereocenters. The van der Waals surface area contributed by atoms with Crippen LogP contribution >= 0.6 is 0 Å². The topological polar surface area (TPSA) is 75.0 Å². The number of esters is 1. The van der Waals surface area contributed by atoms with Gasteiger partial charge >= 0.3 is 5.97 Å². The minimum Gasteiger partial charge on any atom is -0.486 e. The second kappa shape index (κ2) is 6.22. The SMILES string of the molecule is CC(=O)Oc1ccc2c(=O)c(-c3ccc4c(c3)OCCO4)coc2c1C. The van der Waals surface area contributed by atoms with Crippen LogP contribution < -0.4 is 19.6 Å². The molecule has 3 aromatic rings. The van der Waals surface area contributed by atoms with Gasteiger partial charge in [0.2, 0.25) is 5.43 Å². The maximum Gasteiger partial charge on any atom is 0.308 e. The van der Waals surface area contributed by atoms with Gasteiger partial charge in [-0.25, -0.2) is 0 Å². The summed E-state index contributed by atoms with van der Waals surface area (Å²) in [4.78, 5) is 24.1.